The van der Waals surface area contributed by atoms with E-state index in [1.807, 2.05) is 24.3 Å². The third-order valence-corrected chi connectivity index (χ3v) is 2.38. The Balaban J connectivity index is 2.18. The van der Waals surface area contributed by atoms with E-state index in [0.717, 1.165) is 16.7 Å². The van der Waals surface area contributed by atoms with Gasteiger partial charge in [-0.25, -0.2) is 0 Å². The Morgan fingerprint density at radius 3 is 3.25 bits per heavy atom. The van der Waals surface area contributed by atoms with Crippen LogP contribution in [0.25, 0.3) is 16.5 Å². The van der Waals surface area contributed by atoms with Crippen LogP contribution in [-0.2, 0) is 6.54 Å². The lowest BCUT2D eigenvalue weighted by molar-refractivity contribution is 0.0965. The number of nitrogens with one attached hydrogen (secondary N) is 1. The minimum Gasteiger partial charge on any atom is -0.348 e. The normalized spacial score (nSPS) is 13.4. The number of nitrogens with zero attached hydrogens (tertiary/aromatic N) is 3. The van der Waals surface area contributed by atoms with E-state index < -0.39 is 0 Å². The maximum Gasteiger partial charge on any atom is 0.251 e. The van der Waals surface area contributed by atoms with Gasteiger partial charge in [0, 0.05) is 23.6 Å². The van der Waals surface area contributed by atoms with Crippen molar-refractivity contribution in [2.24, 2.45) is 5.11 Å². The molecule has 0 fully saturated rings. The number of hydrogen-bond donors (Lipinski definition) is 1. The molecule has 80 valence electrons. The Labute approximate surface area is 92.4 Å². The Kier molecular flexibility index (Phi) is 2.89. The number of rotatable bonds is 3. The highest BCUT2D eigenvalue weighted by Crippen LogP contribution is 2.17. The molecule has 1 N–H and O–H groups in total. The molecule has 1 amide bonds. The van der Waals surface area contributed by atoms with Gasteiger partial charge in [-0.05, 0) is 22.7 Å². The van der Waals surface area contributed by atoms with Crippen molar-refractivity contribution in [2.75, 3.05) is 6.54 Å². The summed E-state index contributed by atoms with van der Waals surface area (Å²) in [5, 5.41) is 6.15. The highest BCUT2D eigenvalue weighted by molar-refractivity contribution is 5.98. The molecule has 0 saturated heterocycles. The van der Waals surface area contributed by atoms with Gasteiger partial charge in [0.1, 0.15) is 0 Å². The van der Waals surface area contributed by atoms with E-state index in [1.165, 1.54) is 0 Å². The van der Waals surface area contributed by atoms with Crippen LogP contribution in [0, 0.1) is 0 Å². The first-order valence-electron chi connectivity index (χ1n) is 4.90. The summed E-state index contributed by atoms with van der Waals surface area (Å²) < 4.78 is 0. The van der Waals surface area contributed by atoms with Crippen molar-refractivity contribution in [2.45, 2.75) is 6.54 Å². The van der Waals surface area contributed by atoms with Gasteiger partial charge in [0.05, 0.1) is 0 Å². The number of hydrogen-bond acceptors (Lipinski definition) is 2. The molecule has 0 saturated carbocycles. The van der Waals surface area contributed by atoms with Gasteiger partial charge >= 0.3 is 0 Å². The molecular formula is C11H10N4O. The quantitative estimate of drug-likeness (QED) is 0.467. The molecule has 0 unspecified atom stereocenters. The van der Waals surface area contributed by atoms with E-state index in [0.29, 0.717) is 13.1 Å². The molecule has 5 heteroatoms. The number of benzene rings is 1. The van der Waals surface area contributed by atoms with Crippen LogP contribution < -0.4 is 5.32 Å². The molecule has 5 nitrogen and oxygen atoms in total. The van der Waals surface area contributed by atoms with Crippen LogP contribution in [0.3, 0.4) is 0 Å². The van der Waals surface area contributed by atoms with Crippen molar-refractivity contribution in [1.82, 2.24) is 5.32 Å². The molecule has 16 heavy (non-hydrogen) atoms. The monoisotopic (exact) mass is 214 g/mol. The molecule has 1 aromatic carbocycles. The number of fused-ring (bicyclic) bond motifs is 1. The van der Waals surface area contributed by atoms with Crippen LogP contribution in [-0.4, -0.2) is 12.5 Å². The Bertz CT molecular complexity index is 501. The number of azide groups is 1. The fourth-order valence-electron chi connectivity index (χ4n) is 1.61. The van der Waals surface area contributed by atoms with Crippen LogP contribution in [0.2, 0.25) is 0 Å². The van der Waals surface area contributed by atoms with Crippen molar-refractivity contribution < 1.29 is 4.79 Å². The molecule has 0 atom stereocenters. The second-order valence-corrected chi connectivity index (χ2v) is 3.42. The summed E-state index contributed by atoms with van der Waals surface area (Å²) in [5.74, 6) is -0.0275. The van der Waals surface area contributed by atoms with Crippen LogP contribution in [0.1, 0.15) is 21.5 Å². The second kappa shape index (κ2) is 4.51. The van der Waals surface area contributed by atoms with Gasteiger partial charge in [-0.3, -0.25) is 4.79 Å². The van der Waals surface area contributed by atoms with Crippen LogP contribution in [0.5, 0.6) is 0 Å². The number of amides is 1. The van der Waals surface area contributed by atoms with Crippen LogP contribution in [0.4, 0.5) is 0 Å². The average Bonchev–Trinajstić information content (AvgIpc) is 2.67. The lowest BCUT2D eigenvalue weighted by atomic mass is 10.1. The van der Waals surface area contributed by atoms with Gasteiger partial charge in [-0.15, -0.1) is 0 Å². The highest BCUT2D eigenvalue weighted by atomic mass is 16.1. The third kappa shape index (κ3) is 2.04. The number of carbonyl (C=O) groups excluding carboxylic acids is 1. The Hall–Kier alpha value is -2.26. The molecule has 1 aliphatic heterocycles. The molecule has 1 heterocycles. The van der Waals surface area contributed by atoms with E-state index in [1.54, 1.807) is 6.08 Å². The summed E-state index contributed by atoms with van der Waals surface area (Å²) in [7, 11) is 0. The first-order valence-corrected chi connectivity index (χ1v) is 4.90. The predicted molar refractivity (Wildman–Crippen MR) is 60.7 cm³/mol. The van der Waals surface area contributed by atoms with E-state index in [-0.39, 0.29) is 5.91 Å². The van der Waals surface area contributed by atoms with Crippen molar-refractivity contribution in [1.29, 1.82) is 0 Å². The average molecular weight is 214 g/mol. The molecule has 0 spiro atoms. The SMILES string of the molecule is [N-]=[N+]=NCC=Cc1ccc2c(c1)C(=O)NC2. The van der Waals surface area contributed by atoms with E-state index in [9.17, 15) is 4.79 Å². The lowest BCUT2D eigenvalue weighted by Crippen LogP contribution is -2.12. The highest BCUT2D eigenvalue weighted by Gasteiger charge is 2.17. The van der Waals surface area contributed by atoms with Crippen molar-refractivity contribution in [3.05, 3.63) is 51.4 Å². The topological polar surface area (TPSA) is 77.9 Å². The summed E-state index contributed by atoms with van der Waals surface area (Å²) in [6.45, 7) is 0.927. The largest absolute Gasteiger partial charge is 0.348 e. The standard InChI is InChI=1S/C11H10N4O/c12-15-14-5-1-2-8-3-4-9-7-13-11(16)10(9)6-8/h1-4,6H,5,7H2,(H,13,16). The predicted octanol–water partition coefficient (Wildman–Crippen LogP) is 2.25. The van der Waals surface area contributed by atoms with Crippen molar-refractivity contribution in [3.8, 4) is 0 Å². The first-order chi connectivity index (χ1) is 7.81. The zero-order valence-electron chi connectivity index (χ0n) is 8.55. The van der Waals surface area contributed by atoms with Crippen molar-refractivity contribution in [3.63, 3.8) is 0 Å². The first kappa shape index (κ1) is 10.3. The molecular weight excluding hydrogens is 204 g/mol. The molecule has 0 aliphatic carbocycles. The summed E-state index contributed by atoms with van der Waals surface area (Å²) in [6.07, 6.45) is 3.59. The fourth-order valence-corrected chi connectivity index (χ4v) is 1.61. The minimum atomic E-state index is -0.0275. The van der Waals surface area contributed by atoms with E-state index in [4.69, 9.17) is 5.53 Å². The maximum absolute atomic E-state index is 11.4. The molecule has 2 rings (SSSR count). The number of carbonyl (C=O) groups is 1. The zero-order chi connectivity index (χ0) is 11.4. The van der Waals surface area contributed by atoms with E-state index >= 15 is 0 Å². The summed E-state index contributed by atoms with van der Waals surface area (Å²) in [4.78, 5) is 14.0. The van der Waals surface area contributed by atoms with Gasteiger partial charge in [-0.1, -0.05) is 29.4 Å². The Morgan fingerprint density at radius 1 is 1.56 bits per heavy atom. The smallest absolute Gasteiger partial charge is 0.251 e. The van der Waals surface area contributed by atoms with Gasteiger partial charge in [0.25, 0.3) is 5.91 Å². The Morgan fingerprint density at radius 2 is 2.44 bits per heavy atom. The van der Waals surface area contributed by atoms with Gasteiger partial charge < -0.3 is 5.32 Å². The third-order valence-electron chi connectivity index (χ3n) is 2.38. The lowest BCUT2D eigenvalue weighted by Gasteiger charge is -1.97. The van der Waals surface area contributed by atoms with Crippen LogP contribution >= 0.6 is 0 Å². The summed E-state index contributed by atoms with van der Waals surface area (Å²) >= 11 is 0. The molecule has 1 aliphatic rings. The zero-order valence-corrected chi connectivity index (χ0v) is 8.55. The molecule has 1 aromatic rings. The van der Waals surface area contributed by atoms with Gasteiger partial charge in [0.15, 0.2) is 0 Å². The van der Waals surface area contributed by atoms with Crippen molar-refractivity contribution >= 4 is 12.0 Å². The minimum absolute atomic E-state index is 0.0275. The van der Waals surface area contributed by atoms with Crippen LogP contribution in [0.15, 0.2) is 29.4 Å². The molecule has 0 radical (unpaired) electrons. The van der Waals surface area contributed by atoms with Gasteiger partial charge in [-0.2, -0.15) is 0 Å². The second-order valence-electron chi connectivity index (χ2n) is 3.42. The summed E-state index contributed by atoms with van der Waals surface area (Å²) in [6, 6.07) is 5.70. The van der Waals surface area contributed by atoms with Gasteiger partial charge in [0.2, 0.25) is 0 Å². The molecule has 0 bridgehead atoms. The fraction of sp³-hybridized carbons (Fsp3) is 0.182. The molecule has 0 aromatic heterocycles. The maximum atomic E-state index is 11.4. The van der Waals surface area contributed by atoms with E-state index in [2.05, 4.69) is 15.3 Å². The summed E-state index contributed by atoms with van der Waals surface area (Å²) in [5.41, 5.74) is 10.8.